The van der Waals surface area contributed by atoms with E-state index in [-0.39, 0.29) is 17.2 Å². The maximum Gasteiger partial charge on any atom is 0.410 e. The molecule has 1 aliphatic rings. The molecule has 4 nitrogen and oxygen atoms in total. The summed E-state index contributed by atoms with van der Waals surface area (Å²) < 4.78 is 18.9. The Labute approximate surface area is 158 Å². The Morgan fingerprint density at radius 3 is 2.76 bits per heavy atom. The van der Waals surface area contributed by atoms with Crippen LogP contribution < -0.4 is 4.90 Å². The van der Waals surface area contributed by atoms with Crippen LogP contribution in [0.5, 0.6) is 0 Å². The highest BCUT2D eigenvalue weighted by molar-refractivity contribution is 6.31. The summed E-state index contributed by atoms with van der Waals surface area (Å²) in [4.78, 5) is 16.1. The summed E-state index contributed by atoms with van der Waals surface area (Å²) in [6.45, 7) is 7.47. The van der Waals surface area contributed by atoms with Crippen molar-refractivity contribution in [2.45, 2.75) is 45.3 Å². The summed E-state index contributed by atoms with van der Waals surface area (Å²) in [6, 6.07) is 4.83. The van der Waals surface area contributed by atoms with Crippen LogP contribution in [-0.4, -0.2) is 48.2 Å². The molecule has 140 valence electrons. The van der Waals surface area contributed by atoms with Crippen LogP contribution in [0.3, 0.4) is 0 Å². The second kappa shape index (κ2) is 8.45. The van der Waals surface area contributed by atoms with Gasteiger partial charge in [-0.05, 0) is 51.8 Å². The third kappa shape index (κ3) is 5.65. The number of carbonyl (C=O) groups excluding carboxylic acids is 1. The average Bonchev–Trinajstić information content (AvgIpc) is 2.99. The number of nitrogens with zero attached hydrogens (tertiary/aromatic N) is 2. The topological polar surface area (TPSA) is 32.8 Å². The van der Waals surface area contributed by atoms with Crippen molar-refractivity contribution in [2.75, 3.05) is 30.4 Å². The number of carbonyl (C=O) groups is 1. The Morgan fingerprint density at radius 2 is 2.16 bits per heavy atom. The Bertz CT molecular complexity index is 607. The number of amides is 1. The summed E-state index contributed by atoms with van der Waals surface area (Å²) in [5, 5.41) is 0.0929. The quantitative estimate of drug-likeness (QED) is 0.668. The third-order valence-electron chi connectivity index (χ3n) is 4.02. The molecule has 0 bridgehead atoms. The van der Waals surface area contributed by atoms with Gasteiger partial charge in [-0.2, -0.15) is 0 Å². The first kappa shape index (κ1) is 20.1. The Morgan fingerprint density at radius 1 is 1.44 bits per heavy atom. The van der Waals surface area contributed by atoms with E-state index in [4.69, 9.17) is 27.9 Å². The predicted molar refractivity (Wildman–Crippen MR) is 100 cm³/mol. The normalized spacial score (nSPS) is 17.7. The molecule has 1 aliphatic heterocycles. The Hall–Kier alpha value is -1.20. The molecule has 2 rings (SSSR count). The van der Waals surface area contributed by atoms with Crippen molar-refractivity contribution in [3.8, 4) is 0 Å². The number of ether oxygens (including phenoxy) is 1. The van der Waals surface area contributed by atoms with E-state index >= 15 is 0 Å². The molecule has 0 aromatic heterocycles. The van der Waals surface area contributed by atoms with Crippen LogP contribution in [-0.2, 0) is 4.74 Å². The monoisotopic (exact) mass is 390 g/mol. The summed E-state index contributed by atoms with van der Waals surface area (Å²) in [7, 11) is 0. The standard InChI is InChI=1S/C18H25Cl2FN2O2/c1-18(2,3)25-17(24)22-10-7-14(12-22)23(9-4-8-19)13-5-6-16(21)15(20)11-13/h5-6,11,14H,4,7-10,12H2,1-3H3. The van der Waals surface area contributed by atoms with Gasteiger partial charge in [0.1, 0.15) is 11.4 Å². The van der Waals surface area contributed by atoms with Gasteiger partial charge in [0, 0.05) is 37.2 Å². The molecule has 1 unspecified atom stereocenters. The van der Waals surface area contributed by atoms with Crippen molar-refractivity contribution >= 4 is 35.0 Å². The van der Waals surface area contributed by atoms with Crippen LogP contribution >= 0.6 is 23.2 Å². The van der Waals surface area contributed by atoms with E-state index in [2.05, 4.69) is 4.90 Å². The van der Waals surface area contributed by atoms with Crippen LogP contribution in [0.25, 0.3) is 0 Å². The Balaban J connectivity index is 2.11. The molecule has 0 spiro atoms. The lowest BCUT2D eigenvalue weighted by molar-refractivity contribution is 0.0292. The minimum absolute atomic E-state index is 0.0929. The first-order valence-corrected chi connectivity index (χ1v) is 9.38. The van der Waals surface area contributed by atoms with Crippen molar-refractivity contribution in [3.63, 3.8) is 0 Å². The van der Waals surface area contributed by atoms with Crippen LogP contribution in [0.1, 0.15) is 33.6 Å². The largest absolute Gasteiger partial charge is 0.444 e. The fourth-order valence-corrected chi connectivity index (χ4v) is 3.20. The molecule has 0 aliphatic carbocycles. The number of hydrogen-bond acceptors (Lipinski definition) is 3. The molecule has 1 amide bonds. The van der Waals surface area contributed by atoms with Gasteiger partial charge in [0.25, 0.3) is 0 Å². The molecule has 1 heterocycles. The summed E-state index contributed by atoms with van der Waals surface area (Å²) in [5.41, 5.74) is 0.324. The molecule has 1 fully saturated rings. The number of likely N-dealkylation sites (tertiary alicyclic amines) is 1. The zero-order chi connectivity index (χ0) is 18.6. The van der Waals surface area contributed by atoms with Crippen molar-refractivity contribution in [3.05, 3.63) is 29.0 Å². The smallest absolute Gasteiger partial charge is 0.410 e. The van der Waals surface area contributed by atoms with E-state index in [0.29, 0.717) is 19.0 Å². The number of benzene rings is 1. The Kier molecular flexibility index (Phi) is 6.80. The van der Waals surface area contributed by atoms with Crippen molar-refractivity contribution in [2.24, 2.45) is 0 Å². The first-order valence-electron chi connectivity index (χ1n) is 8.47. The molecule has 1 aromatic carbocycles. The van der Waals surface area contributed by atoms with Gasteiger partial charge < -0.3 is 14.5 Å². The second-order valence-electron chi connectivity index (χ2n) is 7.20. The van der Waals surface area contributed by atoms with Crippen molar-refractivity contribution in [1.82, 2.24) is 4.90 Å². The molecule has 0 saturated carbocycles. The van der Waals surface area contributed by atoms with Crippen molar-refractivity contribution < 1.29 is 13.9 Å². The van der Waals surface area contributed by atoms with Crippen molar-refractivity contribution in [1.29, 1.82) is 0 Å². The SMILES string of the molecule is CC(C)(C)OC(=O)N1CCC(N(CCCCl)c2ccc(F)c(Cl)c2)C1. The van der Waals surface area contributed by atoms with E-state index in [0.717, 1.165) is 25.1 Å². The van der Waals surface area contributed by atoms with Gasteiger partial charge in [-0.25, -0.2) is 9.18 Å². The van der Waals surface area contributed by atoms with Crippen LogP contribution in [0, 0.1) is 5.82 Å². The number of halogens is 3. The molecule has 1 atom stereocenters. The number of anilines is 1. The molecule has 0 N–H and O–H groups in total. The number of hydrogen-bond donors (Lipinski definition) is 0. The molecular formula is C18H25Cl2FN2O2. The lowest BCUT2D eigenvalue weighted by Gasteiger charge is -2.31. The molecule has 0 radical (unpaired) electrons. The molecule has 7 heteroatoms. The van der Waals surface area contributed by atoms with Crippen LogP contribution in [0.2, 0.25) is 5.02 Å². The molecule has 1 aromatic rings. The summed E-state index contributed by atoms with van der Waals surface area (Å²) >= 11 is 11.8. The van der Waals surface area contributed by atoms with E-state index in [1.54, 1.807) is 17.0 Å². The second-order valence-corrected chi connectivity index (χ2v) is 7.99. The van der Waals surface area contributed by atoms with Gasteiger partial charge in [-0.15, -0.1) is 11.6 Å². The molecule has 25 heavy (non-hydrogen) atoms. The molecular weight excluding hydrogens is 366 g/mol. The number of alkyl halides is 1. The van der Waals surface area contributed by atoms with Gasteiger partial charge in [-0.3, -0.25) is 0 Å². The maximum atomic E-state index is 13.5. The van der Waals surface area contributed by atoms with E-state index in [1.807, 2.05) is 20.8 Å². The zero-order valence-electron chi connectivity index (χ0n) is 14.9. The van der Waals surface area contributed by atoms with Gasteiger partial charge >= 0.3 is 6.09 Å². The zero-order valence-corrected chi connectivity index (χ0v) is 16.4. The van der Waals surface area contributed by atoms with E-state index in [1.165, 1.54) is 6.07 Å². The summed E-state index contributed by atoms with van der Waals surface area (Å²) in [5.74, 6) is 0.0954. The van der Waals surface area contributed by atoms with Gasteiger partial charge in [0.15, 0.2) is 0 Å². The van der Waals surface area contributed by atoms with Crippen LogP contribution in [0.4, 0.5) is 14.9 Å². The van der Waals surface area contributed by atoms with Gasteiger partial charge in [-0.1, -0.05) is 11.6 Å². The lowest BCUT2D eigenvalue weighted by atomic mass is 10.1. The van der Waals surface area contributed by atoms with Gasteiger partial charge in [0.2, 0.25) is 0 Å². The maximum absolute atomic E-state index is 13.5. The van der Waals surface area contributed by atoms with E-state index in [9.17, 15) is 9.18 Å². The van der Waals surface area contributed by atoms with Gasteiger partial charge in [0.05, 0.1) is 5.02 Å². The average molecular weight is 391 g/mol. The van der Waals surface area contributed by atoms with E-state index < -0.39 is 11.4 Å². The fraction of sp³-hybridized carbons (Fsp3) is 0.611. The third-order valence-corrected chi connectivity index (χ3v) is 4.58. The summed E-state index contributed by atoms with van der Waals surface area (Å²) in [6.07, 6.45) is 1.31. The molecule has 1 saturated heterocycles. The minimum atomic E-state index is -0.516. The van der Waals surface area contributed by atoms with Crippen LogP contribution in [0.15, 0.2) is 18.2 Å². The lowest BCUT2D eigenvalue weighted by Crippen LogP contribution is -2.41. The highest BCUT2D eigenvalue weighted by Gasteiger charge is 2.33. The minimum Gasteiger partial charge on any atom is -0.444 e. The fourth-order valence-electron chi connectivity index (χ4n) is 2.90. The first-order chi connectivity index (χ1) is 11.7. The predicted octanol–water partition coefficient (Wildman–Crippen LogP) is 4.92. The highest BCUT2D eigenvalue weighted by atomic mass is 35.5. The number of rotatable bonds is 5. The highest BCUT2D eigenvalue weighted by Crippen LogP contribution is 2.28.